The van der Waals surface area contributed by atoms with Crippen molar-refractivity contribution in [3.05, 3.63) is 70.3 Å². The Bertz CT molecular complexity index is 1780. The lowest BCUT2D eigenvalue weighted by Crippen LogP contribution is -2.31. The summed E-state index contributed by atoms with van der Waals surface area (Å²) in [5.41, 5.74) is 7.36. The fraction of sp³-hybridized carbons (Fsp3) is 0.185. The lowest BCUT2D eigenvalue weighted by molar-refractivity contribution is 0.0999. The van der Waals surface area contributed by atoms with E-state index in [0.29, 0.717) is 41.3 Å². The van der Waals surface area contributed by atoms with Crippen LogP contribution in [0.4, 0.5) is 10.1 Å². The lowest BCUT2D eigenvalue weighted by atomic mass is 10.0. The summed E-state index contributed by atoms with van der Waals surface area (Å²) in [5, 5.41) is 1.83. The smallest absolute Gasteiger partial charge is 0.254 e. The molecule has 1 saturated heterocycles. The fourth-order valence-corrected chi connectivity index (χ4v) is 5.41. The first-order valence-corrected chi connectivity index (χ1v) is 11.6. The highest BCUT2D eigenvalue weighted by atomic mass is 19.1. The summed E-state index contributed by atoms with van der Waals surface area (Å²) in [6.45, 7) is 1.39. The van der Waals surface area contributed by atoms with Crippen molar-refractivity contribution in [2.75, 3.05) is 18.0 Å². The topological polar surface area (TPSA) is 90.7 Å². The molecular formula is C27H20FN3O4. The molecule has 4 heterocycles. The number of pyridine rings is 1. The number of furan rings is 1. The van der Waals surface area contributed by atoms with Gasteiger partial charge in [-0.2, -0.15) is 0 Å². The van der Waals surface area contributed by atoms with Crippen molar-refractivity contribution < 1.29 is 18.3 Å². The van der Waals surface area contributed by atoms with Gasteiger partial charge in [-0.1, -0.05) is 18.2 Å². The Morgan fingerprint density at radius 3 is 2.57 bits per heavy atom. The van der Waals surface area contributed by atoms with Gasteiger partial charge in [-0.05, 0) is 37.5 Å². The summed E-state index contributed by atoms with van der Waals surface area (Å²) < 4.78 is 29.8. The SMILES string of the molecule is NC(=O)c1cn2c3c(c(N4CCCCC4)c(F)cc3c1=O)Oc1cc3c(cc1-2)oc1ccccc13. The number of hydrogen-bond donors (Lipinski definition) is 1. The minimum absolute atomic E-state index is 0.0462. The average Bonchev–Trinajstić information content (AvgIpc) is 3.22. The molecule has 0 bridgehead atoms. The van der Waals surface area contributed by atoms with Gasteiger partial charge in [-0.25, -0.2) is 4.39 Å². The zero-order valence-corrected chi connectivity index (χ0v) is 18.6. The normalized spacial score (nSPS) is 14.9. The van der Waals surface area contributed by atoms with E-state index in [2.05, 4.69) is 0 Å². The van der Waals surface area contributed by atoms with Gasteiger partial charge >= 0.3 is 0 Å². The molecule has 35 heavy (non-hydrogen) atoms. The number of rotatable bonds is 2. The number of carbonyl (C=O) groups excluding carboxylic acids is 1. The Morgan fingerprint density at radius 2 is 1.77 bits per heavy atom. The number of ether oxygens (including phenoxy) is 1. The van der Waals surface area contributed by atoms with Gasteiger partial charge in [-0.15, -0.1) is 0 Å². The second kappa shape index (κ2) is 7.09. The van der Waals surface area contributed by atoms with E-state index in [0.717, 1.165) is 35.6 Å². The number of amides is 1. The summed E-state index contributed by atoms with van der Waals surface area (Å²) in [7, 11) is 0. The van der Waals surface area contributed by atoms with E-state index in [-0.39, 0.29) is 16.7 Å². The molecule has 0 unspecified atom stereocenters. The van der Waals surface area contributed by atoms with Crippen LogP contribution < -0.4 is 20.8 Å². The predicted molar refractivity (Wildman–Crippen MR) is 131 cm³/mol. The zero-order chi connectivity index (χ0) is 23.8. The van der Waals surface area contributed by atoms with Crippen LogP contribution in [0, 0.1) is 5.82 Å². The van der Waals surface area contributed by atoms with Gasteiger partial charge in [-0.3, -0.25) is 9.59 Å². The number of para-hydroxylation sites is 1. The zero-order valence-electron chi connectivity index (χ0n) is 18.6. The first-order chi connectivity index (χ1) is 17.0. The minimum Gasteiger partial charge on any atom is -0.456 e. The minimum atomic E-state index is -0.874. The Morgan fingerprint density at radius 1 is 0.971 bits per heavy atom. The van der Waals surface area contributed by atoms with Gasteiger partial charge in [0, 0.05) is 36.1 Å². The molecule has 5 aromatic rings. The van der Waals surface area contributed by atoms with E-state index in [9.17, 15) is 9.59 Å². The number of fused-ring (bicyclic) bond motifs is 5. The molecule has 7 rings (SSSR count). The molecule has 2 N–H and O–H groups in total. The number of hydrogen-bond acceptors (Lipinski definition) is 5. The van der Waals surface area contributed by atoms with Crippen LogP contribution in [-0.2, 0) is 0 Å². The quantitative estimate of drug-likeness (QED) is 0.375. The first kappa shape index (κ1) is 20.1. The number of piperidine rings is 1. The third-order valence-corrected chi connectivity index (χ3v) is 7.04. The molecule has 1 fully saturated rings. The third kappa shape index (κ3) is 2.76. The molecule has 174 valence electrons. The van der Waals surface area contributed by atoms with Crippen molar-refractivity contribution in [2.45, 2.75) is 19.3 Å². The Balaban J connectivity index is 1.60. The highest BCUT2D eigenvalue weighted by Gasteiger charge is 2.31. The van der Waals surface area contributed by atoms with Crippen molar-refractivity contribution >= 4 is 44.4 Å². The van der Waals surface area contributed by atoms with Crippen LogP contribution in [0.2, 0.25) is 0 Å². The molecule has 2 aromatic heterocycles. The molecule has 0 aliphatic carbocycles. The summed E-state index contributed by atoms with van der Waals surface area (Å²) in [6.07, 6.45) is 4.40. The van der Waals surface area contributed by atoms with Crippen LogP contribution in [0.15, 0.2) is 57.9 Å². The number of anilines is 1. The summed E-state index contributed by atoms with van der Waals surface area (Å²) in [4.78, 5) is 27.2. The van der Waals surface area contributed by atoms with E-state index in [1.165, 1.54) is 12.3 Å². The van der Waals surface area contributed by atoms with Gasteiger partial charge < -0.3 is 24.4 Å². The van der Waals surface area contributed by atoms with Crippen molar-refractivity contribution in [3.63, 3.8) is 0 Å². The van der Waals surface area contributed by atoms with E-state index in [1.807, 2.05) is 41.3 Å². The molecule has 0 saturated carbocycles. The maximum atomic E-state index is 15.6. The van der Waals surface area contributed by atoms with Gasteiger partial charge in [0.1, 0.15) is 27.9 Å². The van der Waals surface area contributed by atoms with E-state index >= 15 is 4.39 Å². The molecule has 2 aliphatic heterocycles. The van der Waals surface area contributed by atoms with Crippen molar-refractivity contribution in [1.29, 1.82) is 0 Å². The van der Waals surface area contributed by atoms with Crippen molar-refractivity contribution in [2.24, 2.45) is 5.73 Å². The number of nitrogens with zero attached hydrogens (tertiary/aromatic N) is 2. The lowest BCUT2D eigenvalue weighted by Gasteiger charge is -2.33. The van der Waals surface area contributed by atoms with Crippen LogP contribution in [0.3, 0.4) is 0 Å². The van der Waals surface area contributed by atoms with Crippen LogP contribution >= 0.6 is 0 Å². The van der Waals surface area contributed by atoms with Crippen molar-refractivity contribution in [1.82, 2.24) is 4.57 Å². The molecule has 0 radical (unpaired) electrons. The van der Waals surface area contributed by atoms with Crippen LogP contribution in [0.25, 0.3) is 38.5 Å². The number of aromatic nitrogens is 1. The molecule has 0 spiro atoms. The van der Waals surface area contributed by atoms with Gasteiger partial charge in [0.2, 0.25) is 5.43 Å². The Kier molecular flexibility index (Phi) is 4.06. The van der Waals surface area contributed by atoms with E-state index < -0.39 is 17.2 Å². The Labute approximate surface area is 198 Å². The monoisotopic (exact) mass is 469 g/mol. The predicted octanol–water partition coefficient (Wildman–Crippen LogP) is 5.22. The molecule has 3 aromatic carbocycles. The summed E-state index contributed by atoms with van der Waals surface area (Å²) in [6, 6.07) is 12.5. The number of benzene rings is 3. The maximum Gasteiger partial charge on any atom is 0.254 e. The van der Waals surface area contributed by atoms with Crippen molar-refractivity contribution in [3.8, 4) is 17.2 Å². The molecular weight excluding hydrogens is 449 g/mol. The van der Waals surface area contributed by atoms with E-state index in [1.54, 1.807) is 4.57 Å². The fourth-order valence-electron chi connectivity index (χ4n) is 5.41. The molecule has 7 nitrogen and oxygen atoms in total. The summed E-state index contributed by atoms with van der Waals surface area (Å²) >= 11 is 0. The number of halogens is 1. The van der Waals surface area contributed by atoms with Crippen LogP contribution in [0.1, 0.15) is 29.6 Å². The highest BCUT2D eigenvalue weighted by Crippen LogP contribution is 2.48. The van der Waals surface area contributed by atoms with Gasteiger partial charge in [0.25, 0.3) is 5.91 Å². The molecule has 1 amide bonds. The standard InChI is InChI=1S/C27H20FN3O4/c28-18-10-16-23-26(24(18)30-8-4-1-5-9-30)35-22-11-15-14-6-2-3-7-20(14)34-21(15)12-19(22)31(23)13-17(25(16)32)27(29)33/h2-3,6-7,10-13H,1,4-5,8-9H2,(H2,29,33). The second-order valence-electron chi connectivity index (χ2n) is 9.10. The van der Waals surface area contributed by atoms with Crippen LogP contribution in [0.5, 0.6) is 11.5 Å². The maximum absolute atomic E-state index is 15.6. The first-order valence-electron chi connectivity index (χ1n) is 11.6. The van der Waals surface area contributed by atoms with Gasteiger partial charge in [0.15, 0.2) is 17.3 Å². The molecule has 0 atom stereocenters. The number of nitrogens with two attached hydrogens (primary N) is 1. The molecule has 2 aliphatic rings. The van der Waals surface area contributed by atoms with Gasteiger partial charge in [0.05, 0.1) is 11.1 Å². The highest BCUT2D eigenvalue weighted by molar-refractivity contribution is 6.07. The largest absolute Gasteiger partial charge is 0.456 e. The Hall–Kier alpha value is -4.33. The number of carbonyl (C=O) groups is 1. The number of primary amides is 1. The van der Waals surface area contributed by atoms with E-state index in [4.69, 9.17) is 14.9 Å². The third-order valence-electron chi connectivity index (χ3n) is 7.04. The second-order valence-corrected chi connectivity index (χ2v) is 9.10. The van der Waals surface area contributed by atoms with Crippen LogP contribution in [-0.4, -0.2) is 23.6 Å². The average molecular weight is 469 g/mol. The molecule has 8 heteroatoms. The summed E-state index contributed by atoms with van der Waals surface area (Å²) in [5.74, 6) is -0.686.